The zero-order valence-electron chi connectivity index (χ0n) is 4.62. The van der Waals surface area contributed by atoms with Gasteiger partial charge in [0.15, 0.2) is 0 Å². The van der Waals surface area contributed by atoms with E-state index < -0.39 is 0 Å². The summed E-state index contributed by atoms with van der Waals surface area (Å²) >= 11 is 3.36. The summed E-state index contributed by atoms with van der Waals surface area (Å²) in [7, 11) is 0. The molecule has 0 aromatic rings. The van der Waals surface area contributed by atoms with Gasteiger partial charge in [-0.1, -0.05) is 42.1 Å². The van der Waals surface area contributed by atoms with Gasteiger partial charge in [0, 0.05) is 5.33 Å². The molecule has 8 heavy (non-hydrogen) atoms. The van der Waals surface area contributed by atoms with Crippen molar-refractivity contribution in [1.82, 2.24) is 0 Å². The van der Waals surface area contributed by atoms with Gasteiger partial charge in [-0.05, 0) is 6.42 Å². The molecule has 0 aromatic heterocycles. The summed E-state index contributed by atoms with van der Waals surface area (Å²) in [5.41, 5.74) is 0. The standard InChI is InChI=1S/C6H12Br.Na.H/c1-2-3-4-5-6-7;;/h1-6H2;;. The minimum absolute atomic E-state index is 0. The third-order valence-electron chi connectivity index (χ3n) is 0.884. The second-order valence-corrected chi connectivity index (χ2v) is 2.40. The molecule has 0 aliphatic rings. The second-order valence-electron chi connectivity index (χ2n) is 1.60. The number of rotatable bonds is 4. The first-order valence-corrected chi connectivity index (χ1v) is 3.89. The third-order valence-corrected chi connectivity index (χ3v) is 1.44. The number of hydrogen-bond acceptors (Lipinski definition) is 0. The van der Waals surface area contributed by atoms with Crippen LogP contribution in [-0.2, 0) is 0 Å². The summed E-state index contributed by atoms with van der Waals surface area (Å²) < 4.78 is 0. The molecule has 0 nitrogen and oxygen atoms in total. The van der Waals surface area contributed by atoms with Crippen LogP contribution in [0.3, 0.4) is 0 Å². The Kier molecular flexibility index (Phi) is 17.2. The average molecular weight is 188 g/mol. The molecule has 0 fully saturated rings. The molecule has 0 amide bonds. The normalized spacial score (nSPS) is 8.25. The Hall–Kier alpha value is 1.48. The van der Waals surface area contributed by atoms with Crippen LogP contribution in [0.5, 0.6) is 0 Å². The van der Waals surface area contributed by atoms with Crippen LogP contribution >= 0.6 is 15.9 Å². The van der Waals surface area contributed by atoms with Crippen LogP contribution in [0, 0.1) is 6.92 Å². The molecule has 0 saturated carbocycles. The van der Waals surface area contributed by atoms with Crippen molar-refractivity contribution in [2.75, 3.05) is 5.33 Å². The van der Waals surface area contributed by atoms with Gasteiger partial charge in [-0.2, -0.15) is 0 Å². The molecular weight excluding hydrogens is 175 g/mol. The Morgan fingerprint density at radius 2 is 1.75 bits per heavy atom. The molecular formula is C6H13BrNa. The van der Waals surface area contributed by atoms with E-state index in [0.29, 0.717) is 0 Å². The number of hydrogen-bond donors (Lipinski definition) is 0. The molecule has 0 aliphatic carbocycles. The fraction of sp³-hybridized carbons (Fsp3) is 0.833. The van der Waals surface area contributed by atoms with Crippen molar-refractivity contribution < 1.29 is 0 Å². The van der Waals surface area contributed by atoms with Crippen LogP contribution in [0.1, 0.15) is 25.7 Å². The summed E-state index contributed by atoms with van der Waals surface area (Å²) in [6, 6.07) is 0. The van der Waals surface area contributed by atoms with Crippen LogP contribution in [0.15, 0.2) is 0 Å². The van der Waals surface area contributed by atoms with E-state index >= 15 is 0 Å². The fourth-order valence-corrected chi connectivity index (χ4v) is 0.845. The van der Waals surface area contributed by atoms with Gasteiger partial charge >= 0.3 is 29.6 Å². The number of alkyl halides is 1. The molecule has 1 radical (unpaired) electrons. The molecule has 0 N–H and O–H groups in total. The van der Waals surface area contributed by atoms with Crippen LogP contribution in [0.4, 0.5) is 0 Å². The summed E-state index contributed by atoms with van der Waals surface area (Å²) in [5.74, 6) is 0. The van der Waals surface area contributed by atoms with Crippen molar-refractivity contribution >= 4 is 45.5 Å². The van der Waals surface area contributed by atoms with Gasteiger partial charge < -0.3 is 0 Å². The SMILES string of the molecule is [CH2]CCCCCBr.[NaH]. The quantitative estimate of drug-likeness (QED) is 0.360. The zero-order valence-corrected chi connectivity index (χ0v) is 6.21. The van der Waals surface area contributed by atoms with Crippen LogP contribution in [0.25, 0.3) is 0 Å². The van der Waals surface area contributed by atoms with E-state index in [4.69, 9.17) is 0 Å². The summed E-state index contributed by atoms with van der Waals surface area (Å²) in [6.07, 6.45) is 5.00. The maximum atomic E-state index is 3.74. The second kappa shape index (κ2) is 11.3. The summed E-state index contributed by atoms with van der Waals surface area (Å²) in [6.45, 7) is 3.74. The molecule has 0 atom stereocenters. The van der Waals surface area contributed by atoms with Gasteiger partial charge in [-0.25, -0.2) is 0 Å². The first-order chi connectivity index (χ1) is 3.41. The van der Waals surface area contributed by atoms with E-state index in [-0.39, 0.29) is 29.6 Å². The molecule has 0 aromatic carbocycles. The molecule has 2 heteroatoms. The van der Waals surface area contributed by atoms with E-state index in [0.717, 1.165) is 11.8 Å². The summed E-state index contributed by atoms with van der Waals surface area (Å²) in [5, 5.41) is 1.15. The molecule has 45 valence electrons. The third kappa shape index (κ3) is 10.5. The van der Waals surface area contributed by atoms with E-state index in [9.17, 15) is 0 Å². The van der Waals surface area contributed by atoms with E-state index in [2.05, 4.69) is 22.9 Å². The van der Waals surface area contributed by atoms with Crippen LogP contribution in [-0.4, -0.2) is 34.9 Å². The summed E-state index contributed by atoms with van der Waals surface area (Å²) in [4.78, 5) is 0. The van der Waals surface area contributed by atoms with Gasteiger partial charge in [-0.3, -0.25) is 0 Å². The van der Waals surface area contributed by atoms with Gasteiger partial charge in [-0.15, -0.1) is 0 Å². The Bertz CT molecular complexity index is 27.7. The molecule has 0 aliphatic heterocycles. The first-order valence-electron chi connectivity index (χ1n) is 2.77. The number of halogens is 1. The van der Waals surface area contributed by atoms with Gasteiger partial charge in [0.1, 0.15) is 0 Å². The predicted molar refractivity (Wildman–Crippen MR) is 44.8 cm³/mol. The van der Waals surface area contributed by atoms with E-state index in [1.807, 2.05) is 0 Å². The molecule has 0 saturated heterocycles. The monoisotopic (exact) mass is 187 g/mol. The van der Waals surface area contributed by atoms with Crippen molar-refractivity contribution in [3.8, 4) is 0 Å². The topological polar surface area (TPSA) is 0 Å². The van der Waals surface area contributed by atoms with E-state index in [1.165, 1.54) is 19.3 Å². The number of unbranched alkanes of at least 4 members (excludes halogenated alkanes) is 3. The first kappa shape index (κ1) is 12.2. The molecule has 0 spiro atoms. The Labute approximate surface area is 82.8 Å². The fourth-order valence-electron chi connectivity index (χ4n) is 0.448. The molecule has 0 rings (SSSR count). The van der Waals surface area contributed by atoms with Crippen molar-refractivity contribution in [3.05, 3.63) is 6.92 Å². The van der Waals surface area contributed by atoms with Crippen LogP contribution in [0.2, 0.25) is 0 Å². The molecule has 0 heterocycles. The van der Waals surface area contributed by atoms with Crippen molar-refractivity contribution in [2.45, 2.75) is 25.7 Å². The van der Waals surface area contributed by atoms with Crippen molar-refractivity contribution in [3.63, 3.8) is 0 Å². The van der Waals surface area contributed by atoms with Gasteiger partial charge in [0.05, 0.1) is 0 Å². The van der Waals surface area contributed by atoms with Crippen molar-refractivity contribution in [1.29, 1.82) is 0 Å². The zero-order chi connectivity index (χ0) is 5.54. The Morgan fingerprint density at radius 1 is 1.12 bits per heavy atom. The predicted octanol–water partition coefficient (Wildman–Crippen LogP) is 2.13. The van der Waals surface area contributed by atoms with Gasteiger partial charge in [0.25, 0.3) is 0 Å². The minimum atomic E-state index is 0. The van der Waals surface area contributed by atoms with Crippen molar-refractivity contribution in [2.24, 2.45) is 0 Å². The average Bonchev–Trinajstić information content (AvgIpc) is 1.69. The molecule has 0 unspecified atom stereocenters. The van der Waals surface area contributed by atoms with Gasteiger partial charge in [0.2, 0.25) is 0 Å². The van der Waals surface area contributed by atoms with E-state index in [1.54, 1.807) is 0 Å². The maximum absolute atomic E-state index is 3.74. The molecule has 0 bridgehead atoms. The Morgan fingerprint density at radius 3 is 2.12 bits per heavy atom. The Balaban J connectivity index is 0. The van der Waals surface area contributed by atoms with Crippen LogP contribution < -0.4 is 0 Å².